The first-order chi connectivity index (χ1) is 7.67. The predicted octanol–water partition coefficient (Wildman–Crippen LogP) is 4.46. The molecule has 0 aliphatic carbocycles. The fourth-order valence-corrected chi connectivity index (χ4v) is 8.36. The largest absolute Gasteiger partial charge is 0.334 e. The third-order valence-electron chi connectivity index (χ3n) is 2.34. The van der Waals surface area contributed by atoms with Crippen LogP contribution in [0.25, 0.3) is 0 Å². The zero-order valence-corrected chi connectivity index (χ0v) is 14.1. The van der Waals surface area contributed by atoms with Crippen LogP contribution in [0.4, 0.5) is 0 Å². The molecule has 5 heteroatoms. The molecule has 0 saturated carbocycles. The summed E-state index contributed by atoms with van der Waals surface area (Å²) < 4.78 is 23.8. The summed E-state index contributed by atoms with van der Waals surface area (Å²) in [6, 6.07) is 0. The number of rotatable bonds is 7. The highest BCUT2D eigenvalue weighted by atomic mass is 31.2. The van der Waals surface area contributed by atoms with Gasteiger partial charge in [-0.25, -0.2) is 0 Å². The lowest BCUT2D eigenvalue weighted by Gasteiger charge is -2.32. The van der Waals surface area contributed by atoms with Crippen LogP contribution in [0.2, 0.25) is 19.6 Å². The van der Waals surface area contributed by atoms with Crippen molar-refractivity contribution >= 4 is 15.7 Å². The van der Waals surface area contributed by atoms with Gasteiger partial charge in [0.25, 0.3) is 0 Å². The molecular weight excluding hydrogens is 251 g/mol. The number of hydrogen-bond donors (Lipinski definition) is 0. The van der Waals surface area contributed by atoms with Crippen LogP contribution in [0.5, 0.6) is 0 Å². The monoisotopic (exact) mass is 278 g/mol. The van der Waals surface area contributed by atoms with Crippen molar-refractivity contribution < 1.29 is 13.6 Å². The van der Waals surface area contributed by atoms with Crippen molar-refractivity contribution in [2.75, 3.05) is 13.2 Å². The zero-order chi connectivity index (χ0) is 13.7. The Morgan fingerprint density at radius 1 is 1.18 bits per heavy atom. The van der Waals surface area contributed by atoms with Crippen LogP contribution >= 0.6 is 7.60 Å². The van der Waals surface area contributed by atoms with Gasteiger partial charge >= 0.3 is 7.60 Å². The summed E-state index contributed by atoms with van der Waals surface area (Å²) in [4.78, 5) is 0. The summed E-state index contributed by atoms with van der Waals surface area (Å²) in [5.41, 5.74) is 1.16. The SMILES string of the molecule is CCOP(=O)(OCC)C(C=C(C)C)[Si](C)(C)C. The van der Waals surface area contributed by atoms with E-state index in [0.29, 0.717) is 13.2 Å². The maximum atomic E-state index is 12.8. The lowest BCUT2D eigenvalue weighted by atomic mass is 10.3. The van der Waals surface area contributed by atoms with E-state index >= 15 is 0 Å². The summed E-state index contributed by atoms with van der Waals surface area (Å²) >= 11 is 0. The molecule has 102 valence electrons. The van der Waals surface area contributed by atoms with E-state index in [9.17, 15) is 4.57 Å². The van der Waals surface area contributed by atoms with Gasteiger partial charge in [0.15, 0.2) is 0 Å². The van der Waals surface area contributed by atoms with E-state index in [1.807, 2.05) is 27.7 Å². The Morgan fingerprint density at radius 2 is 1.59 bits per heavy atom. The lowest BCUT2D eigenvalue weighted by Crippen LogP contribution is -2.38. The minimum absolute atomic E-state index is 0.0695. The van der Waals surface area contributed by atoms with Crippen molar-refractivity contribution in [3.8, 4) is 0 Å². The zero-order valence-electron chi connectivity index (χ0n) is 12.2. The van der Waals surface area contributed by atoms with Crippen molar-refractivity contribution in [1.82, 2.24) is 0 Å². The molecule has 0 fully saturated rings. The van der Waals surface area contributed by atoms with E-state index in [0.717, 1.165) is 5.57 Å². The minimum Gasteiger partial charge on any atom is -0.309 e. The van der Waals surface area contributed by atoms with Gasteiger partial charge in [0.1, 0.15) is 0 Å². The quantitative estimate of drug-likeness (QED) is 0.392. The van der Waals surface area contributed by atoms with Gasteiger partial charge in [-0.05, 0) is 27.7 Å². The second kappa shape index (κ2) is 6.88. The van der Waals surface area contributed by atoms with Crippen molar-refractivity contribution in [2.24, 2.45) is 0 Å². The third-order valence-corrected chi connectivity index (χ3v) is 9.62. The van der Waals surface area contributed by atoms with E-state index in [-0.39, 0.29) is 5.28 Å². The third kappa shape index (κ3) is 5.52. The van der Waals surface area contributed by atoms with Crippen molar-refractivity contribution in [2.45, 2.75) is 52.6 Å². The summed E-state index contributed by atoms with van der Waals surface area (Å²) in [5, 5.41) is -0.0695. The molecule has 1 unspecified atom stereocenters. The molecule has 0 bridgehead atoms. The number of allylic oxidation sites excluding steroid dienone is 2. The van der Waals surface area contributed by atoms with Crippen molar-refractivity contribution in [3.05, 3.63) is 11.6 Å². The van der Waals surface area contributed by atoms with Gasteiger partial charge in [0, 0.05) is 0 Å². The summed E-state index contributed by atoms with van der Waals surface area (Å²) in [7, 11) is -4.67. The second-order valence-corrected chi connectivity index (χ2v) is 13.4. The van der Waals surface area contributed by atoms with Gasteiger partial charge in [-0.2, -0.15) is 0 Å². The first-order valence-corrected chi connectivity index (χ1v) is 11.4. The lowest BCUT2D eigenvalue weighted by molar-refractivity contribution is 0.219. The molecule has 3 nitrogen and oxygen atoms in total. The van der Waals surface area contributed by atoms with Crippen molar-refractivity contribution in [1.29, 1.82) is 0 Å². The van der Waals surface area contributed by atoms with E-state index < -0.39 is 15.7 Å². The Kier molecular flexibility index (Phi) is 6.93. The molecule has 0 heterocycles. The molecule has 1 atom stereocenters. The normalized spacial score (nSPS) is 14.5. The first kappa shape index (κ1) is 17.1. The van der Waals surface area contributed by atoms with Crippen LogP contribution in [0.1, 0.15) is 27.7 Å². The van der Waals surface area contributed by atoms with Crippen LogP contribution < -0.4 is 0 Å². The minimum atomic E-state index is -3.02. The molecule has 0 saturated heterocycles. The summed E-state index contributed by atoms with van der Waals surface area (Å²) in [6.45, 7) is 15.2. The van der Waals surface area contributed by atoms with Crippen LogP contribution in [-0.2, 0) is 13.6 Å². The van der Waals surface area contributed by atoms with E-state index in [1.165, 1.54) is 0 Å². The van der Waals surface area contributed by atoms with E-state index in [4.69, 9.17) is 9.05 Å². The molecule has 0 radical (unpaired) electrons. The van der Waals surface area contributed by atoms with Gasteiger partial charge in [0.2, 0.25) is 0 Å². The number of hydrogen-bond acceptors (Lipinski definition) is 3. The summed E-state index contributed by atoms with van der Waals surface area (Å²) in [5.74, 6) is 0. The first-order valence-electron chi connectivity index (χ1n) is 6.21. The molecule has 0 aromatic rings. The molecule has 0 rings (SSSR count). The second-order valence-electron chi connectivity index (χ2n) is 5.43. The fraction of sp³-hybridized carbons (Fsp3) is 0.833. The van der Waals surface area contributed by atoms with Crippen LogP contribution in [-0.4, -0.2) is 26.6 Å². The molecule has 0 spiro atoms. The molecule has 0 amide bonds. The average Bonchev–Trinajstić information content (AvgIpc) is 2.13. The molecule has 17 heavy (non-hydrogen) atoms. The highest BCUT2D eigenvalue weighted by molar-refractivity contribution is 7.58. The maximum absolute atomic E-state index is 12.8. The highest BCUT2D eigenvalue weighted by Gasteiger charge is 2.42. The van der Waals surface area contributed by atoms with E-state index in [2.05, 4.69) is 25.7 Å². The van der Waals surface area contributed by atoms with Gasteiger partial charge in [-0.3, -0.25) is 4.57 Å². The van der Waals surface area contributed by atoms with Crippen LogP contribution in [0.3, 0.4) is 0 Å². The molecule has 0 aromatic carbocycles. The van der Waals surface area contributed by atoms with Gasteiger partial charge in [-0.1, -0.05) is 31.3 Å². The predicted molar refractivity (Wildman–Crippen MR) is 77.4 cm³/mol. The maximum Gasteiger partial charge on any atom is 0.334 e. The molecular formula is C12H27O3PSi. The highest BCUT2D eigenvalue weighted by Crippen LogP contribution is 2.56. The topological polar surface area (TPSA) is 35.5 Å². The van der Waals surface area contributed by atoms with Gasteiger partial charge in [0.05, 0.1) is 26.6 Å². The smallest absolute Gasteiger partial charge is 0.309 e. The van der Waals surface area contributed by atoms with Gasteiger partial charge in [-0.15, -0.1) is 0 Å². The Bertz CT molecular complexity index is 293. The molecule has 0 aliphatic rings. The van der Waals surface area contributed by atoms with Gasteiger partial charge < -0.3 is 9.05 Å². The average molecular weight is 278 g/mol. The van der Waals surface area contributed by atoms with Crippen LogP contribution in [0, 0.1) is 0 Å². The molecule has 0 N–H and O–H groups in total. The Hall–Kier alpha value is 0.107. The summed E-state index contributed by atoms with van der Waals surface area (Å²) in [6.07, 6.45) is 2.07. The Labute approximate surface area is 107 Å². The Morgan fingerprint density at radius 3 is 1.82 bits per heavy atom. The molecule has 0 aromatic heterocycles. The molecule has 0 aliphatic heterocycles. The standard InChI is InChI=1S/C12H27O3PSi/c1-8-14-16(13,15-9-2)12(10-11(3)4)17(5,6)7/h10,12H,8-9H2,1-7H3. The van der Waals surface area contributed by atoms with E-state index in [1.54, 1.807) is 0 Å². The van der Waals surface area contributed by atoms with Crippen molar-refractivity contribution in [3.63, 3.8) is 0 Å². The van der Waals surface area contributed by atoms with Crippen LogP contribution in [0.15, 0.2) is 11.6 Å². The fourth-order valence-electron chi connectivity index (χ4n) is 1.69. The Balaban J connectivity index is 5.38.